The van der Waals surface area contributed by atoms with Gasteiger partial charge < -0.3 is 10.6 Å². The number of anilines is 1. The first-order valence-corrected chi connectivity index (χ1v) is 15.0. The first-order chi connectivity index (χ1) is 17.8. The lowest BCUT2D eigenvalue weighted by atomic mass is 9.55. The number of carbonyl (C=O) groups excluding carboxylic acids is 2. The lowest BCUT2D eigenvalue weighted by molar-refractivity contribution is -0.125. The molecule has 2 heterocycles. The molecule has 0 aromatic heterocycles. The molecule has 0 unspecified atom stereocenters. The maximum atomic E-state index is 15.8. The SMILES string of the molecule is CS[C@H]1C[C@H](NC(=O)[C@@H]2NC3(CCCCC3)[C@@]3(C(=O)Nc4cc(Cl)ccc43)[C@H]2c2cccc(Cl)c2F)C1. The van der Waals surface area contributed by atoms with Crippen molar-refractivity contribution in [2.24, 2.45) is 0 Å². The van der Waals surface area contributed by atoms with E-state index in [1.165, 1.54) is 6.07 Å². The van der Waals surface area contributed by atoms with Gasteiger partial charge in [-0.3, -0.25) is 14.9 Å². The molecule has 2 amide bonds. The summed E-state index contributed by atoms with van der Waals surface area (Å²) in [7, 11) is 0. The van der Waals surface area contributed by atoms with Crippen LogP contribution in [0.25, 0.3) is 0 Å². The van der Waals surface area contributed by atoms with Gasteiger partial charge in [0.25, 0.3) is 0 Å². The van der Waals surface area contributed by atoms with Gasteiger partial charge in [-0.25, -0.2) is 4.39 Å². The smallest absolute Gasteiger partial charge is 0.238 e. The molecule has 3 atom stereocenters. The minimum absolute atomic E-state index is 0.0204. The number of halogens is 3. The lowest BCUT2D eigenvalue weighted by Crippen LogP contribution is -2.60. The summed E-state index contributed by atoms with van der Waals surface area (Å²) in [6, 6.07) is 9.54. The van der Waals surface area contributed by atoms with Gasteiger partial charge in [0, 0.05) is 33.5 Å². The van der Waals surface area contributed by atoms with Crippen molar-refractivity contribution in [1.82, 2.24) is 10.6 Å². The number of hydrogen-bond acceptors (Lipinski definition) is 4. The lowest BCUT2D eigenvalue weighted by Gasteiger charge is -2.47. The predicted molar refractivity (Wildman–Crippen MR) is 147 cm³/mol. The van der Waals surface area contributed by atoms with Crippen molar-refractivity contribution in [3.05, 3.63) is 63.4 Å². The summed E-state index contributed by atoms with van der Waals surface area (Å²) >= 11 is 14.4. The Morgan fingerprint density at radius 1 is 1.14 bits per heavy atom. The first kappa shape index (κ1) is 25.5. The molecule has 2 aromatic carbocycles. The molecule has 3 N–H and O–H groups in total. The maximum Gasteiger partial charge on any atom is 0.238 e. The van der Waals surface area contributed by atoms with Crippen LogP contribution < -0.4 is 16.0 Å². The fourth-order valence-corrected chi connectivity index (χ4v) is 8.59. The maximum absolute atomic E-state index is 15.8. The average molecular weight is 563 g/mol. The van der Waals surface area contributed by atoms with Crippen LogP contribution in [0.2, 0.25) is 10.0 Å². The normalized spacial score (nSPS) is 31.7. The number of thioether (sulfide) groups is 1. The monoisotopic (exact) mass is 561 g/mol. The van der Waals surface area contributed by atoms with Gasteiger partial charge >= 0.3 is 0 Å². The Morgan fingerprint density at radius 3 is 2.62 bits per heavy atom. The van der Waals surface area contributed by atoms with E-state index in [1.807, 2.05) is 17.8 Å². The third kappa shape index (κ3) is 3.75. The van der Waals surface area contributed by atoms with E-state index in [0.717, 1.165) is 37.7 Å². The van der Waals surface area contributed by atoms with Gasteiger partial charge in [0.15, 0.2) is 0 Å². The van der Waals surface area contributed by atoms with Crippen molar-refractivity contribution in [3.63, 3.8) is 0 Å². The number of hydrogen-bond donors (Lipinski definition) is 3. The van der Waals surface area contributed by atoms with Gasteiger partial charge in [-0.05, 0) is 61.3 Å². The van der Waals surface area contributed by atoms with Crippen LogP contribution in [0.3, 0.4) is 0 Å². The highest BCUT2D eigenvalue weighted by Crippen LogP contribution is 2.62. The highest BCUT2D eigenvalue weighted by Gasteiger charge is 2.72. The Hall–Kier alpha value is -1.80. The topological polar surface area (TPSA) is 70.2 Å². The molecule has 2 spiro atoms. The van der Waals surface area contributed by atoms with Gasteiger partial charge in [-0.15, -0.1) is 0 Å². The van der Waals surface area contributed by atoms with Crippen molar-refractivity contribution in [3.8, 4) is 0 Å². The van der Waals surface area contributed by atoms with E-state index in [-0.39, 0.29) is 28.4 Å². The van der Waals surface area contributed by atoms with E-state index >= 15 is 4.39 Å². The standard InChI is InChI=1S/C28H30Cl2FN3O2S/c1-37-17-13-16(14-17)32-25(35)24-22(18-6-5-7-20(30)23(18)31)28(27(34-24)10-3-2-4-11-27)19-9-8-15(29)12-21(19)33-26(28)36/h5-9,12,16-17,22,24,34H,2-4,10-11,13-14H2,1H3,(H,32,35)(H,33,36)/t16-,17-,22-,24+,28+/m0/s1. The van der Waals surface area contributed by atoms with Crippen molar-refractivity contribution in [1.29, 1.82) is 0 Å². The zero-order valence-corrected chi connectivity index (χ0v) is 22.9. The van der Waals surface area contributed by atoms with E-state index in [2.05, 4.69) is 22.2 Å². The minimum Gasteiger partial charge on any atom is -0.352 e. The molecule has 2 saturated carbocycles. The molecule has 4 aliphatic rings. The van der Waals surface area contributed by atoms with Crippen LogP contribution in [0.1, 0.15) is 62.0 Å². The predicted octanol–water partition coefficient (Wildman–Crippen LogP) is 5.79. The molecular weight excluding hydrogens is 532 g/mol. The number of amides is 2. The molecule has 5 nitrogen and oxygen atoms in total. The van der Waals surface area contributed by atoms with Crippen LogP contribution in [0, 0.1) is 5.82 Å². The van der Waals surface area contributed by atoms with E-state index in [9.17, 15) is 9.59 Å². The Balaban J connectivity index is 1.54. The van der Waals surface area contributed by atoms with E-state index in [4.69, 9.17) is 23.2 Å². The summed E-state index contributed by atoms with van der Waals surface area (Å²) in [5.41, 5.74) is -0.225. The average Bonchev–Trinajstić information content (AvgIpc) is 3.30. The molecule has 0 bridgehead atoms. The second-order valence-electron chi connectivity index (χ2n) is 10.9. The van der Waals surface area contributed by atoms with Gasteiger partial charge in [0.2, 0.25) is 11.8 Å². The summed E-state index contributed by atoms with van der Waals surface area (Å²) in [5.74, 6) is -1.78. The van der Waals surface area contributed by atoms with Crippen LogP contribution >= 0.6 is 35.0 Å². The number of nitrogens with one attached hydrogen (secondary N) is 3. The quantitative estimate of drug-likeness (QED) is 0.441. The molecule has 0 radical (unpaired) electrons. The first-order valence-electron chi connectivity index (χ1n) is 13.0. The van der Waals surface area contributed by atoms with Gasteiger partial charge in [-0.1, -0.05) is 60.7 Å². The van der Waals surface area contributed by atoms with Gasteiger partial charge in [-0.2, -0.15) is 11.8 Å². The van der Waals surface area contributed by atoms with Crippen molar-refractivity contribution >= 4 is 52.5 Å². The summed E-state index contributed by atoms with van der Waals surface area (Å²) in [6.45, 7) is 0. The van der Waals surface area contributed by atoms with Crippen molar-refractivity contribution < 1.29 is 14.0 Å². The van der Waals surface area contributed by atoms with Crippen LogP contribution in [-0.4, -0.2) is 40.9 Å². The van der Waals surface area contributed by atoms with E-state index < -0.39 is 28.7 Å². The van der Waals surface area contributed by atoms with E-state index in [1.54, 1.807) is 24.3 Å². The Bertz CT molecular complexity index is 1260. The van der Waals surface area contributed by atoms with Crippen LogP contribution in [0.4, 0.5) is 10.1 Å². The number of benzene rings is 2. The number of rotatable bonds is 4. The van der Waals surface area contributed by atoms with E-state index in [0.29, 0.717) is 28.8 Å². The molecular formula is C28H30Cl2FN3O2S. The molecule has 196 valence electrons. The Labute approximate surface area is 230 Å². The summed E-state index contributed by atoms with van der Waals surface area (Å²) < 4.78 is 15.8. The van der Waals surface area contributed by atoms with Gasteiger partial charge in [0.05, 0.1) is 11.1 Å². The fourth-order valence-electron chi connectivity index (χ4n) is 7.38. The molecule has 1 saturated heterocycles. The Kier molecular flexibility index (Phi) is 6.50. The zero-order chi connectivity index (χ0) is 25.9. The van der Waals surface area contributed by atoms with Crippen LogP contribution in [0.5, 0.6) is 0 Å². The molecule has 2 aliphatic carbocycles. The minimum atomic E-state index is -1.19. The van der Waals surface area contributed by atoms with Crippen molar-refractivity contribution in [2.75, 3.05) is 11.6 Å². The number of fused-ring (bicyclic) bond motifs is 3. The zero-order valence-electron chi connectivity index (χ0n) is 20.6. The third-order valence-electron chi connectivity index (χ3n) is 9.08. The summed E-state index contributed by atoms with van der Waals surface area (Å²) in [4.78, 5) is 28.2. The van der Waals surface area contributed by atoms with Crippen molar-refractivity contribution in [2.45, 2.75) is 79.2 Å². The van der Waals surface area contributed by atoms with Gasteiger partial charge in [0.1, 0.15) is 11.2 Å². The third-order valence-corrected chi connectivity index (χ3v) is 10.7. The highest BCUT2D eigenvalue weighted by molar-refractivity contribution is 7.99. The molecule has 2 aromatic rings. The molecule has 9 heteroatoms. The second kappa shape index (κ2) is 9.44. The molecule has 3 fully saturated rings. The summed E-state index contributed by atoms with van der Waals surface area (Å²) in [6.07, 6.45) is 8.22. The fraction of sp³-hybridized carbons (Fsp3) is 0.500. The Morgan fingerprint density at radius 2 is 1.89 bits per heavy atom. The van der Waals surface area contributed by atoms with Crippen LogP contribution in [-0.2, 0) is 15.0 Å². The molecule has 2 aliphatic heterocycles. The highest BCUT2D eigenvalue weighted by atomic mass is 35.5. The number of carbonyl (C=O) groups is 2. The van der Waals surface area contributed by atoms with Crippen LogP contribution in [0.15, 0.2) is 36.4 Å². The molecule has 37 heavy (non-hydrogen) atoms. The largest absolute Gasteiger partial charge is 0.352 e. The summed E-state index contributed by atoms with van der Waals surface area (Å²) in [5, 5.41) is 11.0. The molecule has 6 rings (SSSR count). The second-order valence-corrected chi connectivity index (χ2v) is 12.9.